The predicted molar refractivity (Wildman–Crippen MR) is 77.8 cm³/mol. The Balaban J connectivity index is 2.20. The quantitative estimate of drug-likeness (QED) is 0.555. The van der Waals surface area contributed by atoms with Crippen LogP contribution in [-0.4, -0.2) is 28.2 Å². The Labute approximate surface area is 119 Å². The van der Waals surface area contributed by atoms with Crippen molar-refractivity contribution in [2.24, 2.45) is 11.8 Å². The van der Waals surface area contributed by atoms with E-state index in [2.05, 4.69) is 10.1 Å². The molecule has 1 aliphatic heterocycles. The van der Waals surface area contributed by atoms with Gasteiger partial charge >= 0.3 is 0 Å². The molecule has 1 saturated heterocycles. The van der Waals surface area contributed by atoms with Crippen molar-refractivity contribution in [3.8, 4) is 0 Å². The third-order valence-corrected chi connectivity index (χ3v) is 5.21. The zero-order valence-electron chi connectivity index (χ0n) is 11.8. The van der Waals surface area contributed by atoms with Crippen LogP contribution in [0.25, 0.3) is 0 Å². The smallest absolute Gasteiger partial charge is 0.241 e. The van der Waals surface area contributed by atoms with E-state index in [4.69, 9.17) is 10.6 Å². The lowest BCUT2D eigenvalue weighted by atomic mass is 10.1. The summed E-state index contributed by atoms with van der Waals surface area (Å²) < 4.78 is 32.8. The van der Waals surface area contributed by atoms with Gasteiger partial charge in [0.2, 0.25) is 10.0 Å². The summed E-state index contributed by atoms with van der Waals surface area (Å²) in [5.74, 6) is 5.62. The Morgan fingerprint density at radius 1 is 1.35 bits per heavy atom. The highest BCUT2D eigenvalue weighted by Crippen LogP contribution is 2.24. The van der Waals surface area contributed by atoms with Crippen LogP contribution in [0.4, 0.5) is 5.69 Å². The second-order valence-corrected chi connectivity index (χ2v) is 6.87. The van der Waals surface area contributed by atoms with Crippen molar-refractivity contribution in [1.29, 1.82) is 0 Å². The van der Waals surface area contributed by atoms with Crippen LogP contribution in [0.2, 0.25) is 0 Å². The van der Waals surface area contributed by atoms with Gasteiger partial charge in [-0.25, -0.2) is 13.1 Å². The monoisotopic (exact) mass is 299 g/mol. The van der Waals surface area contributed by atoms with Gasteiger partial charge in [0.15, 0.2) is 0 Å². The Bertz CT molecular complexity index is 558. The van der Waals surface area contributed by atoms with E-state index < -0.39 is 10.0 Å². The van der Waals surface area contributed by atoms with Gasteiger partial charge in [0.25, 0.3) is 0 Å². The van der Waals surface area contributed by atoms with Gasteiger partial charge in [0, 0.05) is 18.8 Å². The van der Waals surface area contributed by atoms with Gasteiger partial charge in [0.1, 0.15) is 0 Å². The van der Waals surface area contributed by atoms with E-state index in [1.54, 1.807) is 26.0 Å². The van der Waals surface area contributed by atoms with Gasteiger partial charge < -0.3 is 10.2 Å². The number of nitrogens with two attached hydrogens (primary N) is 1. The predicted octanol–water partition coefficient (Wildman–Crippen LogP) is 0.904. The number of nitrogen functional groups attached to an aromatic ring is 1. The zero-order valence-corrected chi connectivity index (χ0v) is 12.6. The van der Waals surface area contributed by atoms with Gasteiger partial charge in [0.05, 0.1) is 11.5 Å². The summed E-state index contributed by atoms with van der Waals surface area (Å²) in [7, 11) is -3.51. The number of sulfonamides is 1. The maximum absolute atomic E-state index is 12.4. The molecule has 0 spiro atoms. The molecule has 2 rings (SSSR count). The second kappa shape index (κ2) is 6.09. The summed E-state index contributed by atoms with van der Waals surface area (Å²) in [6, 6.07) is 3.44. The summed E-state index contributed by atoms with van der Waals surface area (Å²) in [4.78, 5) is 0.329. The Morgan fingerprint density at radius 2 is 2.00 bits per heavy atom. The van der Waals surface area contributed by atoms with Gasteiger partial charge in [-0.15, -0.1) is 0 Å². The lowest BCUT2D eigenvalue weighted by Gasteiger charge is -2.15. The van der Waals surface area contributed by atoms with E-state index in [9.17, 15) is 8.42 Å². The number of ether oxygens (including phenoxy) is 1. The molecule has 1 aromatic rings. The van der Waals surface area contributed by atoms with E-state index in [1.807, 2.05) is 0 Å². The zero-order chi connectivity index (χ0) is 14.8. The normalized spacial score (nSPS) is 19.2. The molecule has 112 valence electrons. The fraction of sp³-hybridized carbons (Fsp3) is 0.538. The average Bonchev–Trinajstić information content (AvgIpc) is 2.88. The molecule has 0 aromatic heterocycles. The first-order valence-electron chi connectivity index (χ1n) is 6.59. The molecule has 6 nitrogen and oxygen atoms in total. The van der Waals surface area contributed by atoms with Crippen LogP contribution in [0.5, 0.6) is 0 Å². The number of rotatable bonds is 5. The topological polar surface area (TPSA) is 93.5 Å². The molecule has 1 aromatic carbocycles. The largest absolute Gasteiger partial charge is 0.381 e. The van der Waals surface area contributed by atoms with E-state index in [1.165, 1.54) is 0 Å². The lowest BCUT2D eigenvalue weighted by molar-refractivity contribution is 0.186. The maximum Gasteiger partial charge on any atom is 0.241 e. The van der Waals surface area contributed by atoms with Crippen molar-refractivity contribution >= 4 is 15.7 Å². The molecule has 1 heterocycles. The molecule has 20 heavy (non-hydrogen) atoms. The molecule has 4 N–H and O–H groups in total. The van der Waals surface area contributed by atoms with Crippen LogP contribution < -0.4 is 16.0 Å². The van der Waals surface area contributed by atoms with E-state index >= 15 is 0 Å². The van der Waals surface area contributed by atoms with Crippen molar-refractivity contribution in [2.75, 3.05) is 25.2 Å². The standard InChI is InChI=1S/C13H21N3O3S/c1-9-5-12(16-14)6-10(2)13(9)20(17,18)15-7-11-3-4-19-8-11/h5-6,11,15-16H,3-4,7-8,14H2,1-2H3. The highest BCUT2D eigenvalue weighted by Gasteiger charge is 2.23. The fourth-order valence-electron chi connectivity index (χ4n) is 2.50. The van der Waals surface area contributed by atoms with Crippen LogP contribution >= 0.6 is 0 Å². The highest BCUT2D eigenvalue weighted by atomic mass is 32.2. The SMILES string of the molecule is Cc1cc(NN)cc(C)c1S(=O)(=O)NCC1CCOC1. The Hall–Kier alpha value is -1.15. The molecule has 0 amide bonds. The second-order valence-electron chi connectivity index (χ2n) is 5.17. The van der Waals surface area contributed by atoms with Gasteiger partial charge in [-0.3, -0.25) is 5.84 Å². The van der Waals surface area contributed by atoms with Gasteiger partial charge in [-0.2, -0.15) is 0 Å². The highest BCUT2D eigenvalue weighted by molar-refractivity contribution is 7.89. The molecule has 1 unspecified atom stereocenters. The van der Waals surface area contributed by atoms with Crippen molar-refractivity contribution in [3.63, 3.8) is 0 Å². The Kier molecular flexibility index (Phi) is 4.64. The maximum atomic E-state index is 12.4. The van der Waals surface area contributed by atoms with Crippen LogP contribution in [0.1, 0.15) is 17.5 Å². The van der Waals surface area contributed by atoms with Gasteiger partial charge in [-0.1, -0.05) is 0 Å². The summed E-state index contributed by atoms with van der Waals surface area (Å²) in [5, 5.41) is 0. The van der Waals surface area contributed by atoms with E-state index in [-0.39, 0.29) is 5.92 Å². The fourth-order valence-corrected chi connectivity index (χ4v) is 4.07. The first kappa shape index (κ1) is 15.2. The minimum Gasteiger partial charge on any atom is -0.381 e. The molecule has 0 saturated carbocycles. The number of hydrogen-bond acceptors (Lipinski definition) is 5. The average molecular weight is 299 g/mol. The first-order valence-corrected chi connectivity index (χ1v) is 8.07. The van der Waals surface area contributed by atoms with Crippen molar-refractivity contribution in [3.05, 3.63) is 23.3 Å². The Morgan fingerprint density at radius 3 is 2.50 bits per heavy atom. The number of aryl methyl sites for hydroxylation is 2. The molecule has 0 radical (unpaired) electrons. The molecular weight excluding hydrogens is 278 g/mol. The summed E-state index contributed by atoms with van der Waals surface area (Å²) in [6.07, 6.45) is 0.899. The number of anilines is 1. The third kappa shape index (κ3) is 3.29. The lowest BCUT2D eigenvalue weighted by Crippen LogP contribution is -2.30. The summed E-state index contributed by atoms with van der Waals surface area (Å²) in [6.45, 7) is 5.28. The molecular formula is C13H21N3O3S. The van der Waals surface area contributed by atoms with Crippen LogP contribution in [0.15, 0.2) is 17.0 Å². The number of nitrogens with one attached hydrogen (secondary N) is 2. The number of hydrogen-bond donors (Lipinski definition) is 3. The van der Waals surface area contributed by atoms with Gasteiger partial charge in [-0.05, 0) is 49.4 Å². The summed E-state index contributed by atoms with van der Waals surface area (Å²) in [5.41, 5.74) is 4.58. The third-order valence-electron chi connectivity index (χ3n) is 3.48. The van der Waals surface area contributed by atoms with Crippen molar-refractivity contribution in [2.45, 2.75) is 25.2 Å². The molecule has 0 bridgehead atoms. The molecule has 0 aliphatic carbocycles. The van der Waals surface area contributed by atoms with E-state index in [0.717, 1.165) is 6.42 Å². The van der Waals surface area contributed by atoms with E-state index in [0.29, 0.717) is 41.5 Å². The number of hydrazine groups is 1. The number of benzene rings is 1. The van der Waals surface area contributed by atoms with Crippen LogP contribution in [0, 0.1) is 19.8 Å². The first-order chi connectivity index (χ1) is 9.44. The van der Waals surface area contributed by atoms with Crippen LogP contribution in [-0.2, 0) is 14.8 Å². The van der Waals surface area contributed by atoms with Crippen LogP contribution in [0.3, 0.4) is 0 Å². The van der Waals surface area contributed by atoms with Crippen molar-refractivity contribution < 1.29 is 13.2 Å². The molecule has 1 aliphatic rings. The minimum absolute atomic E-state index is 0.260. The molecule has 1 atom stereocenters. The molecule has 1 fully saturated rings. The summed E-state index contributed by atoms with van der Waals surface area (Å²) >= 11 is 0. The minimum atomic E-state index is -3.51. The van der Waals surface area contributed by atoms with Crippen molar-refractivity contribution in [1.82, 2.24) is 4.72 Å². The molecule has 7 heteroatoms.